The highest BCUT2D eigenvalue weighted by molar-refractivity contribution is 9.11. The molecule has 2 N–H and O–H groups in total. The third kappa shape index (κ3) is 8.33. The maximum Gasteiger partial charge on any atom is 0.307 e. The number of benzene rings is 4. The van der Waals surface area contributed by atoms with E-state index in [1.54, 1.807) is 36.4 Å². The fraction of sp³-hybridized carbons (Fsp3) is 0.206. The molecule has 222 valence electrons. The van der Waals surface area contributed by atoms with Gasteiger partial charge in [0.1, 0.15) is 18.1 Å². The lowest BCUT2D eigenvalue weighted by atomic mass is 9.95. The Labute approximate surface area is 266 Å². The standard InChI is InChI=1S/C34H30Br2O7/c1-19(2)25-16-30(43-34-27(35)12-23(13-28(34)36)15-32(39)40)26(33(41)24-6-4-5-20(3)11-24)17-29(25)42-18-22-9-7-21(8-10-22)14-31(37)38/h4-13,16-17,19H,14-15,18H2,1-3H3,(H,37,38)(H,39,40). The molecule has 9 heteroatoms. The van der Waals surface area contributed by atoms with Crippen molar-refractivity contribution in [3.8, 4) is 17.2 Å². The van der Waals surface area contributed by atoms with E-state index < -0.39 is 11.9 Å². The Bertz CT molecular complexity index is 1650. The third-order valence-corrected chi connectivity index (χ3v) is 7.84. The van der Waals surface area contributed by atoms with Crippen LogP contribution in [0.25, 0.3) is 0 Å². The number of aryl methyl sites for hydroxylation is 1. The average Bonchev–Trinajstić information content (AvgIpc) is 2.93. The Morgan fingerprint density at radius 1 is 0.767 bits per heavy atom. The Morgan fingerprint density at radius 2 is 1.37 bits per heavy atom. The molecule has 0 amide bonds. The second-order valence-corrected chi connectivity index (χ2v) is 12.2. The van der Waals surface area contributed by atoms with Crippen LogP contribution in [0.15, 0.2) is 81.7 Å². The average molecular weight is 710 g/mol. The first-order chi connectivity index (χ1) is 20.4. The maximum absolute atomic E-state index is 13.9. The zero-order chi connectivity index (χ0) is 31.3. The van der Waals surface area contributed by atoms with Gasteiger partial charge in [-0.15, -0.1) is 0 Å². The first-order valence-electron chi connectivity index (χ1n) is 13.5. The molecule has 43 heavy (non-hydrogen) atoms. The fourth-order valence-electron chi connectivity index (χ4n) is 4.54. The summed E-state index contributed by atoms with van der Waals surface area (Å²) < 4.78 is 13.7. The number of carboxylic acids is 2. The summed E-state index contributed by atoms with van der Waals surface area (Å²) in [4.78, 5) is 36.2. The van der Waals surface area contributed by atoms with Crippen molar-refractivity contribution in [3.63, 3.8) is 0 Å². The topological polar surface area (TPSA) is 110 Å². The number of ether oxygens (including phenoxy) is 2. The molecule has 0 aliphatic rings. The minimum Gasteiger partial charge on any atom is -0.489 e. The van der Waals surface area contributed by atoms with Crippen LogP contribution in [0, 0.1) is 6.92 Å². The van der Waals surface area contributed by atoms with E-state index in [9.17, 15) is 19.5 Å². The highest BCUT2D eigenvalue weighted by atomic mass is 79.9. The first-order valence-corrected chi connectivity index (χ1v) is 15.1. The molecule has 4 aromatic carbocycles. The van der Waals surface area contributed by atoms with Gasteiger partial charge in [-0.25, -0.2) is 0 Å². The van der Waals surface area contributed by atoms with Crippen molar-refractivity contribution in [3.05, 3.63) is 121 Å². The maximum atomic E-state index is 13.9. The van der Waals surface area contributed by atoms with Crippen LogP contribution in [0.1, 0.15) is 63.5 Å². The van der Waals surface area contributed by atoms with Crippen LogP contribution in [0.2, 0.25) is 0 Å². The number of ketones is 1. The minimum atomic E-state index is -0.952. The SMILES string of the molecule is Cc1cccc(C(=O)c2cc(OCc3ccc(CC(=O)O)cc3)c(C(C)C)cc2Oc2c(Br)cc(CC(=O)O)cc2Br)c1. The van der Waals surface area contributed by atoms with E-state index in [-0.39, 0.29) is 31.1 Å². The molecule has 0 radical (unpaired) electrons. The van der Waals surface area contributed by atoms with Gasteiger partial charge < -0.3 is 19.7 Å². The molecular weight excluding hydrogens is 680 g/mol. The molecule has 0 saturated carbocycles. The summed E-state index contributed by atoms with van der Waals surface area (Å²) in [6, 6.07) is 21.4. The number of carbonyl (C=O) groups excluding carboxylic acids is 1. The molecule has 7 nitrogen and oxygen atoms in total. The van der Waals surface area contributed by atoms with E-state index in [0.717, 1.165) is 16.7 Å². The molecule has 0 saturated heterocycles. The summed E-state index contributed by atoms with van der Waals surface area (Å²) in [6.45, 7) is 6.16. The molecule has 0 fully saturated rings. The normalized spacial score (nSPS) is 10.9. The van der Waals surface area contributed by atoms with Gasteiger partial charge in [0.2, 0.25) is 0 Å². The van der Waals surface area contributed by atoms with E-state index in [4.69, 9.17) is 14.6 Å². The molecule has 0 aliphatic carbocycles. The van der Waals surface area contributed by atoms with Crippen LogP contribution < -0.4 is 9.47 Å². The van der Waals surface area contributed by atoms with Gasteiger partial charge in [-0.3, -0.25) is 14.4 Å². The van der Waals surface area contributed by atoms with E-state index >= 15 is 0 Å². The quantitative estimate of drug-likeness (QED) is 0.142. The molecule has 0 aromatic heterocycles. The minimum absolute atomic E-state index is 0.0169. The Kier molecular flexibility index (Phi) is 10.4. The molecule has 0 heterocycles. The molecule has 0 spiro atoms. The second kappa shape index (κ2) is 14.0. The Hall–Kier alpha value is -3.95. The third-order valence-electron chi connectivity index (χ3n) is 6.66. The number of hydrogen-bond donors (Lipinski definition) is 2. The molecular formula is C34H30Br2O7. The second-order valence-electron chi connectivity index (χ2n) is 10.5. The molecule has 0 aliphatic heterocycles. The van der Waals surface area contributed by atoms with Gasteiger partial charge in [0.05, 0.1) is 27.4 Å². The van der Waals surface area contributed by atoms with Crippen LogP contribution in [-0.4, -0.2) is 27.9 Å². The predicted octanol–water partition coefficient (Wildman–Crippen LogP) is 8.50. The lowest BCUT2D eigenvalue weighted by molar-refractivity contribution is -0.137. The fourth-order valence-corrected chi connectivity index (χ4v) is 5.98. The number of carbonyl (C=O) groups is 3. The van der Waals surface area contributed by atoms with Gasteiger partial charge in [-0.2, -0.15) is 0 Å². The first kappa shape index (κ1) is 32.0. The Morgan fingerprint density at radius 3 is 1.95 bits per heavy atom. The summed E-state index contributed by atoms with van der Waals surface area (Å²) in [5.41, 5.74) is 4.69. The van der Waals surface area contributed by atoms with E-state index in [1.807, 2.05) is 57.2 Å². The summed E-state index contributed by atoms with van der Waals surface area (Å²) in [5.74, 6) is -0.816. The summed E-state index contributed by atoms with van der Waals surface area (Å²) in [7, 11) is 0. The number of hydrogen-bond acceptors (Lipinski definition) is 5. The van der Waals surface area contributed by atoms with Crippen molar-refractivity contribution in [2.75, 3.05) is 0 Å². The number of carboxylic acid groups (broad SMARTS) is 2. The van der Waals surface area contributed by atoms with E-state index in [2.05, 4.69) is 31.9 Å². The smallest absolute Gasteiger partial charge is 0.307 e. The summed E-state index contributed by atoms with van der Waals surface area (Å²) in [6.07, 6.45) is -0.209. The van der Waals surface area contributed by atoms with E-state index in [0.29, 0.717) is 48.4 Å². The molecule has 4 aromatic rings. The van der Waals surface area contributed by atoms with Crippen molar-refractivity contribution in [2.24, 2.45) is 0 Å². The molecule has 0 unspecified atom stereocenters. The van der Waals surface area contributed by atoms with Gasteiger partial charge in [0.15, 0.2) is 11.5 Å². The van der Waals surface area contributed by atoms with Gasteiger partial charge in [-0.05, 0) is 91.7 Å². The van der Waals surface area contributed by atoms with Crippen molar-refractivity contribution >= 4 is 49.6 Å². The highest BCUT2D eigenvalue weighted by Crippen LogP contribution is 2.42. The van der Waals surface area contributed by atoms with Gasteiger partial charge in [0.25, 0.3) is 0 Å². The van der Waals surface area contributed by atoms with Crippen LogP contribution in [0.4, 0.5) is 0 Å². The zero-order valence-corrected chi connectivity index (χ0v) is 27.0. The van der Waals surface area contributed by atoms with Gasteiger partial charge in [-0.1, -0.05) is 61.9 Å². The summed E-state index contributed by atoms with van der Waals surface area (Å²) in [5, 5.41) is 18.3. The van der Waals surface area contributed by atoms with Crippen molar-refractivity contribution in [2.45, 2.75) is 46.1 Å². The van der Waals surface area contributed by atoms with Crippen LogP contribution in [0.5, 0.6) is 17.2 Å². The van der Waals surface area contributed by atoms with Crippen LogP contribution >= 0.6 is 31.9 Å². The van der Waals surface area contributed by atoms with Crippen molar-refractivity contribution in [1.82, 2.24) is 0 Å². The van der Waals surface area contributed by atoms with Crippen LogP contribution in [0.3, 0.4) is 0 Å². The van der Waals surface area contributed by atoms with E-state index in [1.165, 1.54) is 0 Å². The predicted molar refractivity (Wildman–Crippen MR) is 171 cm³/mol. The molecule has 0 bridgehead atoms. The van der Waals surface area contributed by atoms with Crippen LogP contribution in [-0.2, 0) is 29.0 Å². The zero-order valence-electron chi connectivity index (χ0n) is 23.8. The monoisotopic (exact) mass is 708 g/mol. The lowest BCUT2D eigenvalue weighted by Crippen LogP contribution is -2.08. The van der Waals surface area contributed by atoms with Crippen molar-refractivity contribution in [1.29, 1.82) is 0 Å². The number of rotatable bonds is 12. The van der Waals surface area contributed by atoms with Crippen molar-refractivity contribution < 1.29 is 34.1 Å². The highest BCUT2D eigenvalue weighted by Gasteiger charge is 2.23. The van der Waals surface area contributed by atoms with Gasteiger partial charge in [0, 0.05) is 11.1 Å². The van der Waals surface area contributed by atoms with Gasteiger partial charge >= 0.3 is 11.9 Å². The largest absolute Gasteiger partial charge is 0.489 e. The molecule has 4 rings (SSSR count). The number of aliphatic carboxylic acids is 2. The summed E-state index contributed by atoms with van der Waals surface area (Å²) >= 11 is 7.00. The molecule has 0 atom stereocenters. The lowest BCUT2D eigenvalue weighted by Gasteiger charge is -2.20. The Balaban J connectivity index is 1.76. The number of halogens is 2.